The lowest BCUT2D eigenvalue weighted by molar-refractivity contribution is 0.0672. The standard InChI is InChI=1S/C23H30N4O.HI/c1-3-24-22(27-17-23(2,28)19-11-5-4-6-12-19)25-15-9-10-18-16-26-21-14-8-7-13-20(18)21;/h4-8,11-14,16,26,28H,3,9-10,15,17H2,1-2H3,(H2,24,25,27);1H. The summed E-state index contributed by atoms with van der Waals surface area (Å²) in [7, 11) is 0. The van der Waals surface area contributed by atoms with Crippen molar-refractivity contribution in [1.82, 2.24) is 15.6 Å². The molecule has 3 aromatic rings. The van der Waals surface area contributed by atoms with Crippen LogP contribution in [0.2, 0.25) is 0 Å². The molecule has 0 bridgehead atoms. The van der Waals surface area contributed by atoms with E-state index >= 15 is 0 Å². The van der Waals surface area contributed by atoms with Crippen molar-refractivity contribution in [2.75, 3.05) is 19.6 Å². The average Bonchev–Trinajstić information content (AvgIpc) is 3.13. The lowest BCUT2D eigenvalue weighted by atomic mass is 9.96. The summed E-state index contributed by atoms with van der Waals surface area (Å²) in [6.45, 7) is 5.74. The summed E-state index contributed by atoms with van der Waals surface area (Å²) in [5, 5.41) is 18.7. The average molecular weight is 506 g/mol. The summed E-state index contributed by atoms with van der Waals surface area (Å²) in [6, 6.07) is 18.1. The van der Waals surface area contributed by atoms with Crippen LogP contribution < -0.4 is 10.6 Å². The summed E-state index contributed by atoms with van der Waals surface area (Å²) in [6.07, 6.45) is 4.10. The van der Waals surface area contributed by atoms with Crippen molar-refractivity contribution in [3.8, 4) is 0 Å². The Morgan fingerprint density at radius 1 is 1.07 bits per heavy atom. The Kier molecular flexibility index (Phi) is 8.98. The Morgan fingerprint density at radius 2 is 1.79 bits per heavy atom. The van der Waals surface area contributed by atoms with Gasteiger partial charge in [-0.1, -0.05) is 48.5 Å². The van der Waals surface area contributed by atoms with Gasteiger partial charge in [-0.25, -0.2) is 4.99 Å². The van der Waals surface area contributed by atoms with Gasteiger partial charge in [0.1, 0.15) is 5.60 Å². The number of guanidine groups is 1. The number of aryl methyl sites for hydroxylation is 1. The van der Waals surface area contributed by atoms with Crippen LogP contribution in [0.5, 0.6) is 0 Å². The molecule has 0 aliphatic rings. The number of hydrogen-bond acceptors (Lipinski definition) is 2. The second-order valence-electron chi connectivity index (χ2n) is 7.22. The number of para-hydroxylation sites is 1. The normalized spacial score (nSPS) is 13.6. The fourth-order valence-corrected chi connectivity index (χ4v) is 3.29. The Hall–Kier alpha value is -2.06. The maximum atomic E-state index is 10.7. The predicted molar refractivity (Wildman–Crippen MR) is 132 cm³/mol. The molecule has 0 spiro atoms. The van der Waals surface area contributed by atoms with Gasteiger partial charge in [-0.05, 0) is 43.9 Å². The first-order valence-corrected chi connectivity index (χ1v) is 9.95. The zero-order valence-corrected chi connectivity index (χ0v) is 19.4. The van der Waals surface area contributed by atoms with Crippen LogP contribution in [0.4, 0.5) is 0 Å². The van der Waals surface area contributed by atoms with Crippen molar-refractivity contribution in [1.29, 1.82) is 0 Å². The first kappa shape index (κ1) is 23.2. The van der Waals surface area contributed by atoms with Crippen LogP contribution in [-0.2, 0) is 12.0 Å². The predicted octanol–water partition coefficient (Wildman–Crippen LogP) is 4.18. The van der Waals surface area contributed by atoms with E-state index in [0.29, 0.717) is 6.54 Å². The highest BCUT2D eigenvalue weighted by Gasteiger charge is 2.22. The van der Waals surface area contributed by atoms with E-state index in [1.165, 1.54) is 16.5 Å². The number of aliphatic hydroxyl groups is 1. The first-order valence-electron chi connectivity index (χ1n) is 9.95. The fourth-order valence-electron chi connectivity index (χ4n) is 3.29. The van der Waals surface area contributed by atoms with Crippen LogP contribution in [0.25, 0.3) is 10.9 Å². The molecule has 156 valence electrons. The minimum absolute atomic E-state index is 0. The molecule has 0 saturated carbocycles. The van der Waals surface area contributed by atoms with Crippen molar-refractivity contribution in [2.45, 2.75) is 32.3 Å². The highest BCUT2D eigenvalue weighted by atomic mass is 127. The van der Waals surface area contributed by atoms with Gasteiger partial charge in [-0.15, -0.1) is 24.0 Å². The molecule has 2 aromatic carbocycles. The minimum Gasteiger partial charge on any atom is -0.384 e. The molecule has 1 unspecified atom stereocenters. The Bertz CT molecular complexity index is 905. The van der Waals surface area contributed by atoms with Crippen LogP contribution in [0, 0.1) is 0 Å². The summed E-state index contributed by atoms with van der Waals surface area (Å²) < 4.78 is 0. The van der Waals surface area contributed by atoms with E-state index in [-0.39, 0.29) is 24.0 Å². The van der Waals surface area contributed by atoms with Crippen molar-refractivity contribution in [3.63, 3.8) is 0 Å². The molecule has 5 nitrogen and oxygen atoms in total. The molecule has 0 amide bonds. The molecule has 6 heteroatoms. The first-order chi connectivity index (χ1) is 13.6. The molecular weight excluding hydrogens is 475 g/mol. The van der Waals surface area contributed by atoms with Gasteiger partial charge in [0, 0.05) is 30.2 Å². The monoisotopic (exact) mass is 506 g/mol. The van der Waals surface area contributed by atoms with E-state index in [1.807, 2.05) is 43.3 Å². The van der Waals surface area contributed by atoms with Crippen molar-refractivity contribution >= 4 is 40.8 Å². The zero-order chi connectivity index (χ0) is 19.8. The number of aromatic amines is 1. The number of nitrogens with one attached hydrogen (secondary N) is 3. The third kappa shape index (κ3) is 6.47. The Morgan fingerprint density at radius 3 is 2.55 bits per heavy atom. The van der Waals surface area contributed by atoms with Gasteiger partial charge in [0.25, 0.3) is 0 Å². The van der Waals surface area contributed by atoms with E-state index in [1.54, 1.807) is 6.92 Å². The van der Waals surface area contributed by atoms with Crippen LogP contribution in [0.15, 0.2) is 65.8 Å². The molecule has 1 heterocycles. The minimum atomic E-state index is -0.992. The van der Waals surface area contributed by atoms with E-state index in [9.17, 15) is 5.11 Å². The Labute approximate surface area is 190 Å². The number of H-pyrrole nitrogens is 1. The highest BCUT2D eigenvalue weighted by molar-refractivity contribution is 14.0. The largest absolute Gasteiger partial charge is 0.384 e. The summed E-state index contributed by atoms with van der Waals surface area (Å²) in [5.74, 6) is 0.734. The molecular formula is C23H31IN4O. The molecule has 0 aliphatic carbocycles. The number of aromatic nitrogens is 1. The van der Waals surface area contributed by atoms with Gasteiger partial charge >= 0.3 is 0 Å². The number of rotatable bonds is 8. The lowest BCUT2D eigenvalue weighted by Gasteiger charge is -2.22. The molecule has 0 aliphatic heterocycles. The molecule has 1 aromatic heterocycles. The number of hydrogen-bond donors (Lipinski definition) is 4. The van der Waals surface area contributed by atoms with Crippen molar-refractivity contribution in [3.05, 3.63) is 71.9 Å². The third-order valence-electron chi connectivity index (χ3n) is 4.88. The maximum Gasteiger partial charge on any atom is 0.191 e. The van der Waals surface area contributed by atoms with Crippen LogP contribution in [0.1, 0.15) is 31.4 Å². The number of aliphatic imine (C=N–C) groups is 1. The van der Waals surface area contributed by atoms with E-state index in [0.717, 1.165) is 37.5 Å². The number of nitrogens with zero attached hydrogens (tertiary/aromatic N) is 1. The molecule has 0 saturated heterocycles. The summed E-state index contributed by atoms with van der Waals surface area (Å²) >= 11 is 0. The lowest BCUT2D eigenvalue weighted by Crippen LogP contribution is -2.39. The SMILES string of the molecule is CCNC(=NCC(C)(O)c1ccccc1)NCCCc1c[nH]c2ccccc12.I. The quantitative estimate of drug-likeness (QED) is 0.160. The smallest absolute Gasteiger partial charge is 0.191 e. The Balaban J connectivity index is 0.00000300. The number of benzene rings is 2. The molecule has 0 fully saturated rings. The fraction of sp³-hybridized carbons (Fsp3) is 0.348. The van der Waals surface area contributed by atoms with Crippen molar-refractivity contribution in [2.24, 2.45) is 4.99 Å². The van der Waals surface area contributed by atoms with Gasteiger partial charge in [0.15, 0.2) is 5.96 Å². The van der Waals surface area contributed by atoms with Gasteiger partial charge in [-0.2, -0.15) is 0 Å². The molecule has 1 atom stereocenters. The van der Waals surface area contributed by atoms with Crippen LogP contribution >= 0.6 is 24.0 Å². The van der Waals surface area contributed by atoms with E-state index in [4.69, 9.17) is 0 Å². The number of fused-ring (bicyclic) bond motifs is 1. The van der Waals surface area contributed by atoms with Gasteiger partial charge < -0.3 is 20.7 Å². The zero-order valence-electron chi connectivity index (χ0n) is 17.1. The highest BCUT2D eigenvalue weighted by Crippen LogP contribution is 2.20. The second kappa shape index (κ2) is 11.2. The van der Waals surface area contributed by atoms with Gasteiger partial charge in [-0.3, -0.25) is 0 Å². The molecule has 3 rings (SSSR count). The van der Waals surface area contributed by atoms with Gasteiger partial charge in [0.2, 0.25) is 0 Å². The molecule has 4 N–H and O–H groups in total. The third-order valence-corrected chi connectivity index (χ3v) is 4.88. The summed E-state index contributed by atoms with van der Waals surface area (Å²) in [4.78, 5) is 7.91. The van der Waals surface area contributed by atoms with Gasteiger partial charge in [0.05, 0.1) is 6.54 Å². The van der Waals surface area contributed by atoms with E-state index < -0.39 is 5.60 Å². The topological polar surface area (TPSA) is 72.4 Å². The van der Waals surface area contributed by atoms with Crippen LogP contribution in [-0.4, -0.2) is 35.7 Å². The maximum absolute atomic E-state index is 10.7. The van der Waals surface area contributed by atoms with Crippen molar-refractivity contribution < 1.29 is 5.11 Å². The summed E-state index contributed by atoms with van der Waals surface area (Å²) in [5.41, 5.74) is 2.40. The van der Waals surface area contributed by atoms with E-state index in [2.05, 4.69) is 45.0 Å². The van der Waals surface area contributed by atoms with Crippen LogP contribution in [0.3, 0.4) is 0 Å². The molecule has 29 heavy (non-hydrogen) atoms. The number of halogens is 1. The molecule has 0 radical (unpaired) electrons. The second-order valence-corrected chi connectivity index (χ2v) is 7.22.